The van der Waals surface area contributed by atoms with Gasteiger partial charge in [0, 0.05) is 319 Å². The summed E-state index contributed by atoms with van der Waals surface area (Å²) in [4.78, 5) is 0. The predicted octanol–water partition coefficient (Wildman–Crippen LogP) is -17.1. The van der Waals surface area contributed by atoms with Crippen LogP contribution in [0.3, 0.4) is 0 Å². The summed E-state index contributed by atoms with van der Waals surface area (Å²) < 4.78 is 0. The first-order valence-corrected chi connectivity index (χ1v) is 14.7. The Kier molecular flexibility index (Phi) is 23.5. The van der Waals surface area contributed by atoms with Crippen LogP contribution >= 0.6 is 0 Å². The summed E-state index contributed by atoms with van der Waals surface area (Å²) >= 11 is 0. The fraction of sp³-hybridized carbons (Fsp3) is 0. The molecule has 0 rings (SSSR count). The van der Waals surface area contributed by atoms with Crippen molar-refractivity contribution in [2.24, 2.45) is 0 Å². The molecule has 0 aromatic rings. The Morgan fingerprint density at radius 3 is 0.600 bits per heavy atom. The molecule has 0 aromatic carbocycles. The highest BCUT2D eigenvalue weighted by Crippen LogP contribution is 2.16. The van der Waals surface area contributed by atoms with Crippen LogP contribution in [0, 0.1) is 0 Å². The fourth-order valence-corrected chi connectivity index (χ4v) is 6.93. The molecule has 0 fully saturated rings. The van der Waals surface area contributed by atoms with Gasteiger partial charge in [0.1, 0.15) is 0 Å². The van der Waals surface area contributed by atoms with Gasteiger partial charge in [-0.15, -0.1) is 0 Å². The van der Waals surface area contributed by atoms with Gasteiger partial charge in [-0.3, -0.25) is 0 Å². The Hall–Kier alpha value is 2.92. The predicted molar refractivity (Wildman–Crippen MR) is 259 cm³/mol. The molecule has 0 atom stereocenters. The van der Waals surface area contributed by atoms with Crippen LogP contribution in [0.1, 0.15) is 0 Å². The summed E-state index contributed by atoms with van der Waals surface area (Å²) in [5.41, 5.74) is 0. The van der Waals surface area contributed by atoms with Crippen LogP contribution in [0.2, 0.25) is 0 Å². The molecule has 0 N–H and O–H groups in total. The van der Waals surface area contributed by atoms with Crippen molar-refractivity contribution >= 4 is 319 Å². The Labute approximate surface area is 316 Å². The van der Waals surface area contributed by atoms with E-state index in [1.54, 1.807) is 7.06 Å². The number of hydrogen-bond donors (Lipinski definition) is 0. The van der Waals surface area contributed by atoms with Crippen molar-refractivity contribution in [2.45, 2.75) is 0 Å². The molecule has 45 heteroatoms. The van der Waals surface area contributed by atoms with Crippen molar-refractivity contribution in [2.75, 3.05) is 0 Å². The van der Waals surface area contributed by atoms with E-state index in [-0.39, 0.29) is 0 Å². The van der Waals surface area contributed by atoms with Gasteiger partial charge in [0.25, 0.3) is 0 Å². The van der Waals surface area contributed by atoms with E-state index in [4.69, 9.17) is 178 Å². The first-order valence-electron chi connectivity index (χ1n) is 14.7. The Balaban J connectivity index is 8.41. The minimum Gasteiger partial charge on any atom is 0 e. The minimum absolute atomic E-state index is 0.990. The fourth-order valence-electron chi connectivity index (χ4n) is 6.93. The zero-order valence-corrected chi connectivity index (χ0v) is 26.0. The van der Waals surface area contributed by atoms with Crippen molar-refractivity contribution in [3.8, 4) is 0 Å². The SMILES string of the molecule is [B]B([B])B([B])B(B([B]B(B(B([B])[B])B([B])[B])B(B([B])[B])B([B])[B])B(B(B([B])[B])B([B])[B])B(B([B])[B])B([B])[B])B(B([B])[B])B([B])[B]. The first-order chi connectivity index (χ1) is 20.4. The molecule has 0 spiro atoms. The molecule has 0 nitrogen and oxygen atoms in total. The van der Waals surface area contributed by atoms with E-state index in [0.29, 0.717) is 0 Å². The van der Waals surface area contributed by atoms with E-state index in [1.807, 2.05) is 0 Å². The second-order valence-electron chi connectivity index (χ2n) is 12.3. The molecule has 0 aliphatic carbocycles. The summed E-state index contributed by atoms with van der Waals surface area (Å²) in [5.74, 6) is 0. The van der Waals surface area contributed by atoms with Gasteiger partial charge in [-0.25, -0.2) is 0 Å². The number of hydrogen-bond acceptors (Lipinski definition) is 0. The van der Waals surface area contributed by atoms with Gasteiger partial charge < -0.3 is 0 Å². The quantitative estimate of drug-likeness (QED) is 0.142. The number of rotatable bonds is 21. The van der Waals surface area contributed by atoms with Gasteiger partial charge >= 0.3 is 0 Å². The van der Waals surface area contributed by atoms with Crippen molar-refractivity contribution in [1.29, 1.82) is 0 Å². The summed E-state index contributed by atoms with van der Waals surface area (Å²) in [6, 6.07) is 0. The minimum atomic E-state index is -1.22. The molecule has 0 heterocycles. The van der Waals surface area contributed by atoms with Crippen LogP contribution < -0.4 is 0 Å². The monoisotopic (exact) mass is 495 g/mol. The highest BCUT2D eigenvalue weighted by Gasteiger charge is 2.54. The summed E-state index contributed by atoms with van der Waals surface area (Å²) in [6.45, 7) is 0. The molecule has 135 valence electrons. The van der Waals surface area contributed by atoms with Gasteiger partial charge in [-0.1, -0.05) is 0 Å². The highest BCUT2D eigenvalue weighted by molar-refractivity contribution is 8.29. The Morgan fingerprint density at radius 2 is 0.400 bits per heavy atom. The van der Waals surface area contributed by atoms with Crippen molar-refractivity contribution < 1.29 is 0 Å². The van der Waals surface area contributed by atoms with Crippen LogP contribution in [-0.2, 0) is 0 Å². The van der Waals surface area contributed by atoms with Crippen molar-refractivity contribution in [3.05, 3.63) is 0 Å². The van der Waals surface area contributed by atoms with Crippen LogP contribution in [-0.4, -0.2) is 319 Å². The molecule has 0 aliphatic heterocycles. The van der Waals surface area contributed by atoms with Crippen LogP contribution in [0.15, 0.2) is 0 Å². The van der Waals surface area contributed by atoms with Gasteiger partial charge in [-0.05, 0) is 0 Å². The molecule has 0 aromatic heterocycles. The molecule has 45 heavy (non-hydrogen) atoms. The average molecular weight is 487 g/mol. The lowest BCUT2D eigenvalue weighted by Crippen LogP contribution is -2.89. The third kappa shape index (κ3) is 13.8. The molecule has 0 aliphatic rings. The van der Waals surface area contributed by atoms with E-state index in [2.05, 4.69) is 0 Å². The third-order valence-electron chi connectivity index (χ3n) is 8.89. The smallest absolute Gasteiger partial charge is 0 e. The molecule has 0 unspecified atom stereocenters. The maximum absolute atomic E-state index is 6.71. The van der Waals surface area contributed by atoms with E-state index in [0.717, 1.165) is 0 Å². The summed E-state index contributed by atoms with van der Waals surface area (Å²) in [7, 11) is 146. The Bertz CT molecular complexity index is 666. The maximum Gasteiger partial charge on any atom is 0 e. The molecule has 0 saturated heterocycles. The molecular weight excluding hydrogens is 487 g/mol. The lowest BCUT2D eigenvalue weighted by atomic mass is 8.30. The van der Waals surface area contributed by atoms with E-state index in [1.165, 1.54) is 0 Å². The second kappa shape index (κ2) is 22.1. The summed E-state index contributed by atoms with van der Waals surface area (Å²) in [5, 5.41) is 0. The molecule has 47 radical (unpaired) electrons. The van der Waals surface area contributed by atoms with Crippen molar-refractivity contribution in [1.82, 2.24) is 0 Å². The molecule has 0 saturated carbocycles. The lowest BCUT2D eigenvalue weighted by Gasteiger charge is -2.51. The van der Waals surface area contributed by atoms with Crippen LogP contribution in [0.25, 0.3) is 0 Å². The molecular formula is B45. The topological polar surface area (TPSA) is 0 Å². The van der Waals surface area contributed by atoms with Crippen LogP contribution in [0.5, 0.6) is 0 Å². The zero-order valence-electron chi connectivity index (χ0n) is 26.0. The van der Waals surface area contributed by atoms with Gasteiger partial charge in [-0.2, -0.15) is 0 Å². The van der Waals surface area contributed by atoms with Crippen LogP contribution in [0.4, 0.5) is 0 Å². The molecule has 0 amide bonds. The average Bonchev–Trinajstić information content (AvgIpc) is 2.82. The normalized spacial score (nSPS) is 9.60. The molecule has 0 bridgehead atoms. The third-order valence-corrected chi connectivity index (χ3v) is 8.89. The lowest BCUT2D eigenvalue weighted by molar-refractivity contribution is 3.24. The standard InChI is InChI=1S/B45/c1-25(2)36(23)44(41(30(11)12)31(13)14)38(45(42(32(15)16)33(17)18)43(34(19)20)35(21)22)24-37(39(26(3)4)27(5)6)40(28(7)8)29(9)10. The van der Waals surface area contributed by atoms with Gasteiger partial charge in [0.2, 0.25) is 0 Å². The van der Waals surface area contributed by atoms with Gasteiger partial charge in [0.05, 0.1) is 0 Å². The first kappa shape index (κ1) is 47.9. The Morgan fingerprint density at radius 1 is 0.200 bits per heavy atom. The van der Waals surface area contributed by atoms with E-state index < -0.39 is 134 Å². The van der Waals surface area contributed by atoms with E-state index in [9.17, 15) is 0 Å². The zero-order chi connectivity index (χ0) is 35.8. The maximum atomic E-state index is 6.71. The largest absolute Gasteiger partial charge is 0 e. The van der Waals surface area contributed by atoms with E-state index >= 15 is 0 Å². The summed E-state index contributed by atoms with van der Waals surface area (Å²) in [6.07, 6.45) is -23.7. The highest BCUT2D eigenvalue weighted by atomic mass is 13.4. The van der Waals surface area contributed by atoms with Gasteiger partial charge in [0.15, 0.2) is 0 Å². The second-order valence-corrected chi connectivity index (χ2v) is 12.3. The van der Waals surface area contributed by atoms with Crippen molar-refractivity contribution in [3.63, 3.8) is 0 Å².